The van der Waals surface area contributed by atoms with Crippen molar-refractivity contribution in [1.82, 2.24) is 0 Å². The highest BCUT2D eigenvalue weighted by Gasteiger charge is 2.16. The first-order valence-electron chi connectivity index (χ1n) is 7.96. The quantitative estimate of drug-likeness (QED) is 0.561. The Morgan fingerprint density at radius 3 is 2.50 bits per heavy atom. The van der Waals surface area contributed by atoms with Gasteiger partial charge in [0.05, 0.1) is 0 Å². The summed E-state index contributed by atoms with van der Waals surface area (Å²) in [5.41, 5.74) is 4.68. The molecule has 1 N–H and O–H groups in total. The number of hydrogen-bond acceptors (Lipinski definition) is 1. The molecule has 112 valence electrons. The van der Waals surface area contributed by atoms with Crippen LogP contribution in [0.4, 0.5) is 0 Å². The van der Waals surface area contributed by atoms with E-state index in [4.69, 9.17) is 0 Å². The van der Waals surface area contributed by atoms with Crippen molar-refractivity contribution >= 4 is 12.2 Å². The molecule has 0 amide bonds. The first-order chi connectivity index (χ1) is 10.7. The van der Waals surface area contributed by atoms with E-state index in [2.05, 4.69) is 43.3 Å². The normalized spacial score (nSPS) is 18.4. The Morgan fingerprint density at radius 2 is 1.77 bits per heavy atom. The third-order valence-corrected chi connectivity index (χ3v) is 4.29. The molecular formula is C21H22O. The molecule has 22 heavy (non-hydrogen) atoms. The fourth-order valence-corrected chi connectivity index (χ4v) is 3.09. The summed E-state index contributed by atoms with van der Waals surface area (Å²) >= 11 is 0. The largest absolute Gasteiger partial charge is 0.508 e. The molecule has 2 aromatic rings. The summed E-state index contributed by atoms with van der Waals surface area (Å²) in [5, 5.41) is 10.4. The summed E-state index contributed by atoms with van der Waals surface area (Å²) in [6.07, 6.45) is 9.94. The van der Waals surface area contributed by atoms with Crippen molar-refractivity contribution in [3.63, 3.8) is 0 Å². The number of phenols is 1. The van der Waals surface area contributed by atoms with Crippen molar-refractivity contribution in [3.05, 3.63) is 76.9 Å². The smallest absolute Gasteiger partial charge is 0.119 e. The SMILES string of the molecule is CC1=CC(c2ccc(/C=C/c3ccccc3)cc2O)CCC1. The minimum absolute atomic E-state index is 0.362. The van der Waals surface area contributed by atoms with Crippen LogP contribution in [0.2, 0.25) is 0 Å². The Bertz CT molecular complexity index is 695. The van der Waals surface area contributed by atoms with Gasteiger partial charge in [-0.3, -0.25) is 0 Å². The van der Waals surface area contributed by atoms with Crippen molar-refractivity contribution in [2.75, 3.05) is 0 Å². The summed E-state index contributed by atoms with van der Waals surface area (Å²) < 4.78 is 0. The molecule has 2 aromatic carbocycles. The fourth-order valence-electron chi connectivity index (χ4n) is 3.09. The minimum Gasteiger partial charge on any atom is -0.508 e. The zero-order chi connectivity index (χ0) is 15.4. The van der Waals surface area contributed by atoms with Crippen LogP contribution < -0.4 is 0 Å². The molecule has 0 radical (unpaired) electrons. The molecule has 1 aliphatic carbocycles. The molecule has 0 saturated carbocycles. The first kappa shape index (κ1) is 14.6. The maximum Gasteiger partial charge on any atom is 0.119 e. The summed E-state index contributed by atoms with van der Waals surface area (Å²) in [4.78, 5) is 0. The number of hydrogen-bond donors (Lipinski definition) is 1. The number of rotatable bonds is 3. The van der Waals surface area contributed by atoms with Crippen LogP contribution in [-0.2, 0) is 0 Å². The highest BCUT2D eigenvalue weighted by Crippen LogP contribution is 2.36. The van der Waals surface area contributed by atoms with Crippen LogP contribution in [0.3, 0.4) is 0 Å². The lowest BCUT2D eigenvalue weighted by Crippen LogP contribution is -2.02. The predicted octanol–water partition coefficient (Wildman–Crippen LogP) is 5.78. The summed E-state index contributed by atoms with van der Waals surface area (Å²) in [7, 11) is 0. The number of benzene rings is 2. The van der Waals surface area contributed by atoms with Gasteiger partial charge in [0.15, 0.2) is 0 Å². The fraction of sp³-hybridized carbons (Fsp3) is 0.238. The van der Waals surface area contributed by atoms with Gasteiger partial charge in [-0.25, -0.2) is 0 Å². The van der Waals surface area contributed by atoms with Gasteiger partial charge in [0.25, 0.3) is 0 Å². The zero-order valence-electron chi connectivity index (χ0n) is 13.0. The lowest BCUT2D eigenvalue weighted by Gasteiger charge is -2.20. The molecular weight excluding hydrogens is 268 g/mol. The second kappa shape index (κ2) is 6.65. The lowest BCUT2D eigenvalue weighted by molar-refractivity contribution is 0.461. The summed E-state index contributed by atoms with van der Waals surface area (Å²) in [6.45, 7) is 2.18. The molecule has 0 aromatic heterocycles. The second-order valence-corrected chi connectivity index (χ2v) is 6.07. The standard InChI is InChI=1S/C21H22O/c1-16-6-5-9-19(14-16)20-13-12-18(15-21(20)22)11-10-17-7-3-2-4-8-17/h2-4,7-8,10-15,19,22H,5-6,9H2,1H3/b11-10+. The van der Waals surface area contributed by atoms with E-state index < -0.39 is 0 Å². The van der Waals surface area contributed by atoms with Gasteiger partial charge in [0.1, 0.15) is 5.75 Å². The van der Waals surface area contributed by atoms with Gasteiger partial charge < -0.3 is 5.11 Å². The Balaban J connectivity index is 1.80. The van der Waals surface area contributed by atoms with Crippen LogP contribution >= 0.6 is 0 Å². The molecule has 0 bridgehead atoms. The first-order valence-corrected chi connectivity index (χ1v) is 7.96. The average molecular weight is 290 g/mol. The van der Waals surface area contributed by atoms with Crippen molar-refractivity contribution in [2.45, 2.75) is 32.1 Å². The Kier molecular flexibility index (Phi) is 4.43. The van der Waals surface area contributed by atoms with Crippen LogP contribution in [0.5, 0.6) is 5.75 Å². The molecule has 3 rings (SSSR count). The molecule has 0 heterocycles. The van der Waals surface area contributed by atoms with Crippen molar-refractivity contribution in [2.24, 2.45) is 0 Å². The maximum atomic E-state index is 10.4. The van der Waals surface area contributed by atoms with Crippen molar-refractivity contribution < 1.29 is 5.11 Å². The molecule has 1 unspecified atom stereocenters. The van der Waals surface area contributed by atoms with Gasteiger partial charge in [-0.15, -0.1) is 0 Å². The maximum absolute atomic E-state index is 10.4. The van der Waals surface area contributed by atoms with E-state index in [-0.39, 0.29) is 0 Å². The highest BCUT2D eigenvalue weighted by molar-refractivity contribution is 5.70. The topological polar surface area (TPSA) is 20.2 Å². The van der Waals surface area contributed by atoms with Gasteiger partial charge in [-0.2, -0.15) is 0 Å². The molecule has 0 fully saturated rings. The summed E-state index contributed by atoms with van der Waals surface area (Å²) in [5.74, 6) is 0.770. The van der Waals surface area contributed by atoms with Gasteiger partial charge in [-0.05, 0) is 43.4 Å². The predicted molar refractivity (Wildman–Crippen MR) is 93.8 cm³/mol. The van der Waals surface area contributed by atoms with Gasteiger partial charge in [0, 0.05) is 11.5 Å². The molecule has 0 saturated heterocycles. The van der Waals surface area contributed by atoms with Crippen LogP contribution in [0.1, 0.15) is 48.8 Å². The number of phenolic OH excluding ortho intramolecular Hbond substituents is 1. The van der Waals surface area contributed by atoms with Gasteiger partial charge in [-0.1, -0.05) is 66.3 Å². The van der Waals surface area contributed by atoms with Crippen LogP contribution in [0, 0.1) is 0 Å². The van der Waals surface area contributed by atoms with E-state index >= 15 is 0 Å². The minimum atomic E-state index is 0.362. The van der Waals surface area contributed by atoms with E-state index in [0.29, 0.717) is 11.7 Å². The van der Waals surface area contributed by atoms with Crippen molar-refractivity contribution in [1.29, 1.82) is 0 Å². The van der Waals surface area contributed by atoms with Crippen LogP contribution in [-0.4, -0.2) is 5.11 Å². The molecule has 1 aliphatic rings. The third-order valence-electron chi connectivity index (χ3n) is 4.29. The van der Waals surface area contributed by atoms with Crippen LogP contribution in [0.25, 0.3) is 12.2 Å². The molecule has 1 nitrogen and oxygen atoms in total. The zero-order valence-corrected chi connectivity index (χ0v) is 13.0. The Labute approximate surface area is 132 Å². The van der Waals surface area contributed by atoms with Crippen LogP contribution in [0.15, 0.2) is 60.2 Å². The number of allylic oxidation sites excluding steroid dienone is 2. The third kappa shape index (κ3) is 3.48. The van der Waals surface area contributed by atoms with Gasteiger partial charge >= 0.3 is 0 Å². The molecule has 1 heteroatoms. The monoisotopic (exact) mass is 290 g/mol. The molecule has 1 atom stereocenters. The van der Waals surface area contributed by atoms with E-state index in [1.54, 1.807) is 0 Å². The Morgan fingerprint density at radius 1 is 1.00 bits per heavy atom. The lowest BCUT2D eigenvalue weighted by atomic mass is 9.85. The van der Waals surface area contributed by atoms with E-state index in [1.807, 2.05) is 30.3 Å². The van der Waals surface area contributed by atoms with Crippen molar-refractivity contribution in [3.8, 4) is 5.75 Å². The highest BCUT2D eigenvalue weighted by atomic mass is 16.3. The van der Waals surface area contributed by atoms with Gasteiger partial charge in [0.2, 0.25) is 0 Å². The van der Waals surface area contributed by atoms with E-state index in [9.17, 15) is 5.11 Å². The van der Waals surface area contributed by atoms with E-state index in [0.717, 1.165) is 23.1 Å². The molecule has 0 aliphatic heterocycles. The Hall–Kier alpha value is -2.28. The van der Waals surface area contributed by atoms with E-state index in [1.165, 1.54) is 18.4 Å². The number of aromatic hydroxyl groups is 1. The second-order valence-electron chi connectivity index (χ2n) is 6.07. The summed E-state index contributed by atoms with van der Waals surface area (Å²) in [6, 6.07) is 16.2. The average Bonchev–Trinajstić information content (AvgIpc) is 2.54. The molecule has 0 spiro atoms.